The minimum absolute atomic E-state index is 0. The number of carbonyl (C=O) groups excluding carboxylic acids is 2. The predicted molar refractivity (Wildman–Crippen MR) is 101 cm³/mol. The molecule has 1 aliphatic heterocycles. The highest BCUT2D eigenvalue weighted by Gasteiger charge is 2.48. The maximum Gasteiger partial charge on any atom is 0.337 e. The molecule has 0 aliphatic carbocycles. The Morgan fingerprint density at radius 3 is 2.27 bits per heavy atom. The lowest BCUT2D eigenvalue weighted by Crippen LogP contribution is -2.57. The second-order valence-electron chi connectivity index (χ2n) is 6.21. The highest BCUT2D eigenvalue weighted by Crippen LogP contribution is 2.27. The fraction of sp³-hybridized carbons (Fsp3) is 0.529. The topological polar surface area (TPSA) is 102 Å². The van der Waals surface area contributed by atoms with E-state index >= 15 is 0 Å². The standard InChI is InChI=1S/C17H24N2O5S.ClH/c1-24-15(20)14-5-3-13(4-6-14)7-10-19-16(21)17(25(2,22)23)8-11-18-12-9-17;/h3-6,18H,7-12H2,1-2H3,(H,19,21);1H. The molecule has 146 valence electrons. The molecule has 1 amide bonds. The Hall–Kier alpha value is -1.64. The van der Waals surface area contributed by atoms with Gasteiger partial charge in [-0.15, -0.1) is 12.4 Å². The van der Waals surface area contributed by atoms with Gasteiger partial charge < -0.3 is 15.4 Å². The molecule has 2 N–H and O–H groups in total. The fourth-order valence-corrected chi connectivity index (χ4v) is 4.36. The Balaban J connectivity index is 0.00000338. The first-order valence-electron chi connectivity index (χ1n) is 8.16. The maximum absolute atomic E-state index is 12.6. The molecule has 1 aliphatic rings. The van der Waals surface area contributed by atoms with Crippen LogP contribution in [0.25, 0.3) is 0 Å². The fourth-order valence-electron chi connectivity index (χ4n) is 3.00. The molecular formula is C17H25ClN2O5S. The number of methoxy groups -OCH3 is 1. The van der Waals surface area contributed by atoms with E-state index < -0.39 is 26.5 Å². The molecule has 26 heavy (non-hydrogen) atoms. The van der Waals surface area contributed by atoms with Crippen LogP contribution in [0.15, 0.2) is 24.3 Å². The van der Waals surface area contributed by atoms with Gasteiger partial charge in [0, 0.05) is 12.8 Å². The Morgan fingerprint density at radius 1 is 1.19 bits per heavy atom. The van der Waals surface area contributed by atoms with E-state index in [1.54, 1.807) is 24.3 Å². The summed E-state index contributed by atoms with van der Waals surface area (Å²) in [4.78, 5) is 24.0. The van der Waals surface area contributed by atoms with Gasteiger partial charge in [0.15, 0.2) is 14.6 Å². The molecule has 0 unspecified atom stereocenters. The van der Waals surface area contributed by atoms with Crippen molar-refractivity contribution in [3.8, 4) is 0 Å². The summed E-state index contributed by atoms with van der Waals surface area (Å²) < 4.78 is 27.7. The minimum Gasteiger partial charge on any atom is -0.465 e. The molecule has 1 aromatic rings. The molecule has 9 heteroatoms. The molecule has 2 rings (SSSR count). The Kier molecular flexibility index (Phi) is 8.05. The van der Waals surface area contributed by atoms with Crippen molar-refractivity contribution in [3.05, 3.63) is 35.4 Å². The van der Waals surface area contributed by atoms with Gasteiger partial charge in [0.1, 0.15) is 0 Å². The minimum atomic E-state index is -3.50. The largest absolute Gasteiger partial charge is 0.465 e. The molecule has 0 saturated carbocycles. The summed E-state index contributed by atoms with van der Waals surface area (Å²) in [6.45, 7) is 1.35. The SMILES string of the molecule is COC(=O)c1ccc(CCNC(=O)C2(S(C)(=O)=O)CCNCC2)cc1.Cl. The smallest absolute Gasteiger partial charge is 0.337 e. The number of rotatable bonds is 6. The van der Waals surface area contributed by atoms with Gasteiger partial charge in [-0.1, -0.05) is 12.1 Å². The number of piperidine rings is 1. The molecule has 1 fully saturated rings. The first-order valence-corrected chi connectivity index (χ1v) is 10.1. The third kappa shape index (κ3) is 4.96. The highest BCUT2D eigenvalue weighted by molar-refractivity contribution is 7.92. The van der Waals surface area contributed by atoms with Crippen molar-refractivity contribution >= 4 is 34.1 Å². The van der Waals surface area contributed by atoms with Crippen LogP contribution in [0.4, 0.5) is 0 Å². The number of hydrogen-bond donors (Lipinski definition) is 2. The van der Waals surface area contributed by atoms with Gasteiger partial charge in [-0.3, -0.25) is 4.79 Å². The lowest BCUT2D eigenvalue weighted by molar-refractivity contribution is -0.124. The summed E-state index contributed by atoms with van der Waals surface area (Å²) in [6, 6.07) is 6.89. The van der Waals surface area contributed by atoms with Crippen molar-refractivity contribution in [1.29, 1.82) is 0 Å². The number of ether oxygens (including phenoxy) is 1. The number of benzene rings is 1. The average Bonchev–Trinajstić information content (AvgIpc) is 2.61. The zero-order chi connectivity index (χ0) is 18.5. The van der Waals surface area contributed by atoms with Crippen molar-refractivity contribution in [2.24, 2.45) is 0 Å². The van der Waals surface area contributed by atoms with Crippen molar-refractivity contribution in [3.63, 3.8) is 0 Å². The average molecular weight is 405 g/mol. The van der Waals surface area contributed by atoms with Gasteiger partial charge in [-0.2, -0.15) is 0 Å². The lowest BCUT2D eigenvalue weighted by atomic mass is 9.95. The van der Waals surface area contributed by atoms with Gasteiger partial charge in [0.25, 0.3) is 0 Å². The summed E-state index contributed by atoms with van der Waals surface area (Å²) >= 11 is 0. The van der Waals surface area contributed by atoms with Gasteiger partial charge in [0.2, 0.25) is 5.91 Å². The van der Waals surface area contributed by atoms with E-state index in [1.165, 1.54) is 7.11 Å². The van der Waals surface area contributed by atoms with E-state index in [-0.39, 0.29) is 25.2 Å². The highest BCUT2D eigenvalue weighted by atomic mass is 35.5. The van der Waals surface area contributed by atoms with Crippen molar-refractivity contribution in [2.75, 3.05) is 33.0 Å². The third-order valence-corrected chi connectivity index (χ3v) is 6.62. The van der Waals surface area contributed by atoms with Gasteiger partial charge >= 0.3 is 5.97 Å². The maximum atomic E-state index is 12.6. The monoisotopic (exact) mass is 404 g/mol. The van der Waals surface area contributed by atoms with Crippen LogP contribution in [-0.2, 0) is 25.8 Å². The van der Waals surface area contributed by atoms with Crippen molar-refractivity contribution in [2.45, 2.75) is 24.0 Å². The number of nitrogens with one attached hydrogen (secondary N) is 2. The van der Waals surface area contributed by atoms with Crippen LogP contribution in [0, 0.1) is 0 Å². The number of halogens is 1. The molecule has 1 saturated heterocycles. The van der Waals surface area contributed by atoms with Crippen LogP contribution in [0.3, 0.4) is 0 Å². The first kappa shape index (κ1) is 22.4. The van der Waals surface area contributed by atoms with Crippen molar-refractivity contribution < 1.29 is 22.7 Å². The lowest BCUT2D eigenvalue weighted by Gasteiger charge is -2.34. The molecular weight excluding hydrogens is 380 g/mol. The molecule has 0 atom stereocenters. The second-order valence-corrected chi connectivity index (χ2v) is 8.54. The molecule has 1 heterocycles. The van der Waals surface area contributed by atoms with E-state index in [4.69, 9.17) is 0 Å². The van der Waals surface area contributed by atoms with E-state index in [2.05, 4.69) is 15.4 Å². The normalized spacial score (nSPS) is 16.2. The number of hydrogen-bond acceptors (Lipinski definition) is 6. The van der Waals surface area contributed by atoms with Gasteiger partial charge in [0.05, 0.1) is 12.7 Å². The Bertz CT molecular complexity index is 728. The van der Waals surface area contributed by atoms with Gasteiger partial charge in [-0.05, 0) is 50.0 Å². The summed E-state index contributed by atoms with van der Waals surface area (Å²) in [7, 11) is -2.18. The predicted octanol–water partition coefficient (Wildman–Crippen LogP) is 0.720. The van der Waals surface area contributed by atoms with Crippen LogP contribution in [0.2, 0.25) is 0 Å². The molecule has 0 bridgehead atoms. The third-order valence-electron chi connectivity index (χ3n) is 4.61. The number of carbonyl (C=O) groups is 2. The van der Waals surface area contributed by atoms with Crippen LogP contribution in [-0.4, -0.2) is 58.0 Å². The summed E-state index contributed by atoms with van der Waals surface area (Å²) in [5, 5.41) is 5.84. The molecule has 1 aromatic carbocycles. The molecule has 0 aromatic heterocycles. The summed E-state index contributed by atoms with van der Waals surface area (Å²) in [5.41, 5.74) is 1.40. The summed E-state index contributed by atoms with van der Waals surface area (Å²) in [5.74, 6) is -0.830. The molecule has 0 radical (unpaired) electrons. The zero-order valence-electron chi connectivity index (χ0n) is 14.9. The summed E-state index contributed by atoms with van der Waals surface area (Å²) in [6.07, 6.45) is 2.24. The Labute approximate surface area is 160 Å². The Morgan fingerprint density at radius 2 is 1.77 bits per heavy atom. The van der Waals surface area contributed by atoms with E-state index in [1.807, 2.05) is 0 Å². The molecule has 7 nitrogen and oxygen atoms in total. The van der Waals surface area contributed by atoms with Crippen LogP contribution in [0.1, 0.15) is 28.8 Å². The van der Waals surface area contributed by atoms with E-state index in [0.717, 1.165) is 11.8 Å². The number of sulfone groups is 1. The first-order chi connectivity index (χ1) is 11.8. The molecule has 0 spiro atoms. The van der Waals surface area contributed by atoms with E-state index in [9.17, 15) is 18.0 Å². The quantitative estimate of drug-likeness (QED) is 0.677. The van der Waals surface area contributed by atoms with Crippen LogP contribution >= 0.6 is 12.4 Å². The zero-order valence-corrected chi connectivity index (χ0v) is 16.5. The van der Waals surface area contributed by atoms with Gasteiger partial charge in [-0.25, -0.2) is 13.2 Å². The van der Waals surface area contributed by atoms with E-state index in [0.29, 0.717) is 31.6 Å². The number of esters is 1. The second kappa shape index (κ2) is 9.34. The van der Waals surface area contributed by atoms with Crippen molar-refractivity contribution in [1.82, 2.24) is 10.6 Å². The van der Waals surface area contributed by atoms with Crippen LogP contribution in [0.5, 0.6) is 0 Å². The number of amides is 1. The van der Waals surface area contributed by atoms with Crippen LogP contribution < -0.4 is 10.6 Å².